The molecule has 1 rings (SSSR count). The molecule has 108 valence electrons. The molecule has 2 N–H and O–H groups in total. The fourth-order valence-corrected chi connectivity index (χ4v) is 2.46. The van der Waals surface area contributed by atoms with Gasteiger partial charge in [-0.2, -0.15) is 0 Å². The molecule has 0 aliphatic carbocycles. The summed E-state index contributed by atoms with van der Waals surface area (Å²) in [5, 5.41) is 13.9. The van der Waals surface area contributed by atoms with E-state index in [0.29, 0.717) is 29.8 Å². The summed E-state index contributed by atoms with van der Waals surface area (Å²) in [5.74, 6) is 1.05. The number of ether oxygens (including phenoxy) is 1. The Labute approximate surface area is 120 Å². The summed E-state index contributed by atoms with van der Waals surface area (Å²) in [4.78, 5) is 0. The fourth-order valence-electron chi connectivity index (χ4n) is 2.18. The third kappa shape index (κ3) is 5.01. The fraction of sp³-hybridized carbons (Fsp3) is 0.600. The van der Waals surface area contributed by atoms with Crippen LogP contribution in [0.15, 0.2) is 18.2 Å². The van der Waals surface area contributed by atoms with Crippen LogP contribution in [0.1, 0.15) is 32.3 Å². The van der Waals surface area contributed by atoms with Crippen molar-refractivity contribution in [3.05, 3.63) is 28.8 Å². The lowest BCUT2D eigenvalue weighted by Gasteiger charge is -2.20. The number of aliphatic hydroxyl groups excluding tert-OH is 1. The van der Waals surface area contributed by atoms with Crippen LogP contribution >= 0.6 is 11.6 Å². The van der Waals surface area contributed by atoms with Crippen LogP contribution in [-0.4, -0.2) is 24.9 Å². The Morgan fingerprint density at radius 2 is 2.00 bits per heavy atom. The van der Waals surface area contributed by atoms with E-state index in [1.54, 1.807) is 7.11 Å². The van der Waals surface area contributed by atoms with Crippen LogP contribution in [0.4, 0.5) is 0 Å². The number of benzene rings is 1. The van der Waals surface area contributed by atoms with E-state index < -0.39 is 0 Å². The quantitative estimate of drug-likeness (QED) is 0.770. The summed E-state index contributed by atoms with van der Waals surface area (Å²) in [6.45, 7) is 5.53. The summed E-state index contributed by atoms with van der Waals surface area (Å²) in [7, 11) is 1.60. The number of hydrogen-bond donors (Lipinski definition) is 2. The maximum Gasteiger partial charge on any atom is 0.137 e. The maximum atomic E-state index is 10.0. The van der Waals surface area contributed by atoms with E-state index in [4.69, 9.17) is 16.3 Å². The molecule has 0 amide bonds. The Bertz CT molecular complexity index is 380. The number of nitrogens with one attached hydrogen (secondary N) is 1. The first-order chi connectivity index (χ1) is 9.12. The highest BCUT2D eigenvalue weighted by molar-refractivity contribution is 6.32. The summed E-state index contributed by atoms with van der Waals surface area (Å²) in [6, 6.07) is 5.72. The van der Waals surface area contributed by atoms with E-state index >= 15 is 0 Å². The molecule has 0 aromatic heterocycles. The minimum Gasteiger partial charge on any atom is -0.495 e. The van der Waals surface area contributed by atoms with Crippen molar-refractivity contribution < 1.29 is 9.84 Å². The molecule has 0 bridgehead atoms. The number of methoxy groups -OCH3 is 1. The average Bonchev–Trinajstić information content (AvgIpc) is 2.40. The van der Waals surface area contributed by atoms with Gasteiger partial charge in [-0.15, -0.1) is 0 Å². The van der Waals surface area contributed by atoms with E-state index in [0.717, 1.165) is 18.4 Å². The monoisotopic (exact) mass is 285 g/mol. The van der Waals surface area contributed by atoms with Crippen molar-refractivity contribution >= 4 is 11.6 Å². The summed E-state index contributed by atoms with van der Waals surface area (Å²) >= 11 is 6.06. The van der Waals surface area contributed by atoms with Crippen molar-refractivity contribution in [3.63, 3.8) is 0 Å². The zero-order valence-corrected chi connectivity index (χ0v) is 12.7. The standard InChI is InChI=1S/C15H24ClNO2/c1-4-12(5-2)14(18)10-17-9-11-6-7-15(19-3)13(16)8-11/h6-8,12,14,17-18H,4-5,9-10H2,1-3H3. The van der Waals surface area contributed by atoms with Gasteiger partial charge in [-0.1, -0.05) is 44.4 Å². The van der Waals surface area contributed by atoms with E-state index in [9.17, 15) is 5.11 Å². The highest BCUT2D eigenvalue weighted by atomic mass is 35.5. The van der Waals surface area contributed by atoms with Crippen molar-refractivity contribution in [1.29, 1.82) is 0 Å². The predicted octanol–water partition coefficient (Wildman–Crippen LogP) is 3.24. The van der Waals surface area contributed by atoms with Gasteiger partial charge in [0.25, 0.3) is 0 Å². The molecule has 0 saturated carbocycles. The Morgan fingerprint density at radius 1 is 1.32 bits per heavy atom. The number of halogens is 1. The van der Waals surface area contributed by atoms with E-state index in [1.807, 2.05) is 18.2 Å². The van der Waals surface area contributed by atoms with Crippen LogP contribution in [0.2, 0.25) is 5.02 Å². The van der Waals surface area contributed by atoms with Crippen LogP contribution in [0.5, 0.6) is 5.75 Å². The summed E-state index contributed by atoms with van der Waals surface area (Å²) < 4.78 is 5.11. The van der Waals surface area contributed by atoms with E-state index in [-0.39, 0.29) is 6.10 Å². The molecule has 4 heteroatoms. The molecule has 0 aliphatic heterocycles. The minimum atomic E-state index is -0.288. The van der Waals surface area contributed by atoms with Crippen molar-refractivity contribution in [2.24, 2.45) is 5.92 Å². The first-order valence-electron chi connectivity index (χ1n) is 6.83. The van der Waals surface area contributed by atoms with Crippen LogP contribution in [-0.2, 0) is 6.54 Å². The highest BCUT2D eigenvalue weighted by Crippen LogP contribution is 2.24. The molecule has 0 radical (unpaired) electrons. The molecular formula is C15H24ClNO2. The topological polar surface area (TPSA) is 41.5 Å². The van der Waals surface area contributed by atoms with Crippen LogP contribution in [0, 0.1) is 5.92 Å². The molecule has 19 heavy (non-hydrogen) atoms. The maximum absolute atomic E-state index is 10.0. The molecule has 1 atom stereocenters. The predicted molar refractivity (Wildman–Crippen MR) is 79.8 cm³/mol. The SMILES string of the molecule is CCC(CC)C(O)CNCc1ccc(OC)c(Cl)c1. The lowest BCUT2D eigenvalue weighted by molar-refractivity contribution is 0.101. The number of aliphatic hydroxyl groups is 1. The molecular weight excluding hydrogens is 262 g/mol. The molecule has 0 spiro atoms. The smallest absolute Gasteiger partial charge is 0.137 e. The molecule has 1 unspecified atom stereocenters. The van der Waals surface area contributed by atoms with Gasteiger partial charge in [0.2, 0.25) is 0 Å². The summed E-state index contributed by atoms with van der Waals surface area (Å²) in [6.07, 6.45) is 1.73. The Kier molecular flexibility index (Phi) is 7.21. The third-order valence-corrected chi connectivity index (χ3v) is 3.79. The Morgan fingerprint density at radius 3 is 2.53 bits per heavy atom. The first kappa shape index (κ1) is 16.3. The van der Waals surface area contributed by atoms with Crippen LogP contribution < -0.4 is 10.1 Å². The molecule has 3 nitrogen and oxygen atoms in total. The number of hydrogen-bond acceptors (Lipinski definition) is 3. The molecule has 0 aliphatic rings. The minimum absolute atomic E-state index is 0.288. The van der Waals surface area contributed by atoms with Gasteiger partial charge < -0.3 is 15.2 Å². The van der Waals surface area contributed by atoms with Gasteiger partial charge in [0, 0.05) is 13.1 Å². The van der Waals surface area contributed by atoms with Gasteiger partial charge in [-0.05, 0) is 23.6 Å². The van der Waals surface area contributed by atoms with Crippen LogP contribution in [0.25, 0.3) is 0 Å². The van der Waals surface area contributed by atoms with Gasteiger partial charge in [0.05, 0.1) is 18.2 Å². The van der Waals surface area contributed by atoms with Crippen molar-refractivity contribution in [2.45, 2.75) is 39.3 Å². The second-order valence-electron chi connectivity index (χ2n) is 4.74. The van der Waals surface area contributed by atoms with Gasteiger partial charge in [0.1, 0.15) is 5.75 Å². The zero-order valence-electron chi connectivity index (χ0n) is 11.9. The molecule has 0 saturated heterocycles. The summed E-state index contributed by atoms with van der Waals surface area (Å²) in [5.41, 5.74) is 1.09. The van der Waals surface area contributed by atoms with Crippen molar-refractivity contribution in [3.8, 4) is 5.75 Å². The molecule has 0 fully saturated rings. The van der Waals surface area contributed by atoms with Crippen molar-refractivity contribution in [2.75, 3.05) is 13.7 Å². The van der Waals surface area contributed by atoms with Gasteiger partial charge in [-0.3, -0.25) is 0 Å². The van der Waals surface area contributed by atoms with Gasteiger partial charge in [-0.25, -0.2) is 0 Å². The second-order valence-corrected chi connectivity index (χ2v) is 5.15. The lowest BCUT2D eigenvalue weighted by Crippen LogP contribution is -2.32. The van der Waals surface area contributed by atoms with Crippen molar-refractivity contribution in [1.82, 2.24) is 5.32 Å². The normalized spacial score (nSPS) is 12.7. The van der Waals surface area contributed by atoms with Crippen LogP contribution in [0.3, 0.4) is 0 Å². The Balaban J connectivity index is 2.43. The van der Waals surface area contributed by atoms with Gasteiger partial charge >= 0.3 is 0 Å². The molecule has 0 heterocycles. The van der Waals surface area contributed by atoms with Gasteiger partial charge in [0.15, 0.2) is 0 Å². The zero-order chi connectivity index (χ0) is 14.3. The Hall–Kier alpha value is -0.770. The number of rotatable bonds is 8. The van der Waals surface area contributed by atoms with E-state index in [2.05, 4.69) is 19.2 Å². The average molecular weight is 286 g/mol. The third-order valence-electron chi connectivity index (χ3n) is 3.49. The highest BCUT2D eigenvalue weighted by Gasteiger charge is 2.14. The molecule has 1 aromatic carbocycles. The van der Waals surface area contributed by atoms with E-state index in [1.165, 1.54) is 0 Å². The molecule has 1 aromatic rings. The largest absolute Gasteiger partial charge is 0.495 e. The lowest BCUT2D eigenvalue weighted by atomic mass is 9.96. The first-order valence-corrected chi connectivity index (χ1v) is 7.21. The second kappa shape index (κ2) is 8.41.